The number of hydrogen-bond acceptors (Lipinski definition) is 2. The zero-order valence-corrected chi connectivity index (χ0v) is 17.0. The minimum absolute atomic E-state index is 0.111. The first-order valence-corrected chi connectivity index (χ1v) is 10.3. The van der Waals surface area contributed by atoms with Crippen LogP contribution in [0.25, 0.3) is 0 Å². The molecule has 0 aliphatic rings. The minimum Gasteiger partial charge on any atom is -0.544 e. The molecule has 0 rings (SSSR count). The van der Waals surface area contributed by atoms with Gasteiger partial charge < -0.3 is 14.4 Å². The van der Waals surface area contributed by atoms with Crippen LogP contribution >= 0.6 is 0 Å². The van der Waals surface area contributed by atoms with Crippen LogP contribution < -0.4 is 5.11 Å². The Kier molecular flexibility index (Phi) is 15.7. The Bertz CT molecular complexity index is 372. The highest BCUT2D eigenvalue weighted by Gasteiger charge is 2.14. The standard InChI is InChI=1S/C22H41NO2/c1-4-5-6-7-8-9-10-11-12-13-14-15-16-17-18-19-20-23(2,3)21-22(24)25/h8-9,11-12H,4-7,10,13-21H2,1-3H3/b9-8+,12-11+. The van der Waals surface area contributed by atoms with E-state index in [2.05, 4.69) is 31.2 Å². The number of rotatable bonds is 17. The van der Waals surface area contributed by atoms with E-state index in [0.717, 1.165) is 19.4 Å². The van der Waals surface area contributed by atoms with Crippen LogP contribution in [0.1, 0.15) is 84.0 Å². The van der Waals surface area contributed by atoms with E-state index in [9.17, 15) is 9.90 Å². The van der Waals surface area contributed by atoms with Crippen LogP contribution in [0.3, 0.4) is 0 Å². The van der Waals surface area contributed by atoms with Crippen molar-refractivity contribution in [2.45, 2.75) is 84.0 Å². The van der Waals surface area contributed by atoms with E-state index in [4.69, 9.17) is 0 Å². The molecule has 0 radical (unpaired) electrons. The summed E-state index contributed by atoms with van der Waals surface area (Å²) in [5, 5.41) is 10.7. The maximum absolute atomic E-state index is 10.7. The van der Waals surface area contributed by atoms with Crippen molar-refractivity contribution in [3.8, 4) is 0 Å². The topological polar surface area (TPSA) is 40.1 Å². The highest BCUT2D eigenvalue weighted by molar-refractivity contribution is 5.65. The molecule has 0 saturated carbocycles. The number of carbonyl (C=O) groups is 1. The molecule has 25 heavy (non-hydrogen) atoms. The molecule has 0 heterocycles. The Labute approximate surface area is 156 Å². The molecule has 0 spiro atoms. The molecule has 0 aromatic rings. The lowest BCUT2D eigenvalue weighted by Gasteiger charge is -2.30. The molecule has 0 atom stereocenters. The zero-order valence-electron chi connectivity index (χ0n) is 17.0. The van der Waals surface area contributed by atoms with Crippen molar-refractivity contribution in [3.63, 3.8) is 0 Å². The normalized spacial score (nSPS) is 12.4. The quantitative estimate of drug-likeness (QED) is 0.218. The summed E-state index contributed by atoms with van der Waals surface area (Å²) in [6, 6.07) is 0. The molecule has 0 saturated heterocycles. The van der Waals surface area contributed by atoms with Crippen molar-refractivity contribution in [2.75, 3.05) is 27.2 Å². The van der Waals surface area contributed by atoms with E-state index in [1.165, 1.54) is 64.2 Å². The number of unbranched alkanes of at least 4 members (excludes halogenated alkanes) is 9. The second kappa shape index (κ2) is 16.4. The third-order valence-electron chi connectivity index (χ3n) is 4.52. The van der Waals surface area contributed by atoms with Gasteiger partial charge in [0.05, 0.1) is 26.6 Å². The first kappa shape index (κ1) is 23.9. The van der Waals surface area contributed by atoms with Crippen molar-refractivity contribution < 1.29 is 14.4 Å². The van der Waals surface area contributed by atoms with Crippen molar-refractivity contribution in [3.05, 3.63) is 24.3 Å². The average Bonchev–Trinajstić information content (AvgIpc) is 2.53. The van der Waals surface area contributed by atoms with Gasteiger partial charge in [0.1, 0.15) is 6.54 Å². The van der Waals surface area contributed by atoms with Gasteiger partial charge in [-0.25, -0.2) is 0 Å². The van der Waals surface area contributed by atoms with Gasteiger partial charge in [0, 0.05) is 0 Å². The SMILES string of the molecule is CCCCC/C=C/C/C=C/CCCCCCCC[N+](C)(C)CC(=O)[O-]. The molecule has 0 aromatic heterocycles. The zero-order chi connectivity index (χ0) is 18.8. The van der Waals surface area contributed by atoms with Gasteiger partial charge in [-0.2, -0.15) is 0 Å². The van der Waals surface area contributed by atoms with Gasteiger partial charge in [0.15, 0.2) is 0 Å². The summed E-state index contributed by atoms with van der Waals surface area (Å²) in [6.45, 7) is 3.27. The highest BCUT2D eigenvalue weighted by atomic mass is 16.4. The van der Waals surface area contributed by atoms with Crippen LogP contribution in [0.15, 0.2) is 24.3 Å². The number of carbonyl (C=O) groups excluding carboxylic acids is 1. The number of carboxylic acid groups (broad SMARTS) is 1. The van der Waals surface area contributed by atoms with Gasteiger partial charge in [-0.3, -0.25) is 0 Å². The van der Waals surface area contributed by atoms with E-state index in [1.54, 1.807) is 0 Å². The largest absolute Gasteiger partial charge is 0.544 e. The molecule has 3 nitrogen and oxygen atoms in total. The monoisotopic (exact) mass is 351 g/mol. The Morgan fingerprint density at radius 1 is 0.800 bits per heavy atom. The summed E-state index contributed by atoms with van der Waals surface area (Å²) in [6.07, 6.45) is 24.1. The summed E-state index contributed by atoms with van der Waals surface area (Å²) >= 11 is 0. The van der Waals surface area contributed by atoms with Crippen molar-refractivity contribution in [2.24, 2.45) is 0 Å². The Hall–Kier alpha value is -1.09. The number of aliphatic carboxylic acids is 1. The lowest BCUT2D eigenvalue weighted by molar-refractivity contribution is -0.885. The van der Waals surface area contributed by atoms with Crippen molar-refractivity contribution in [1.82, 2.24) is 0 Å². The molecular weight excluding hydrogens is 310 g/mol. The van der Waals surface area contributed by atoms with Gasteiger partial charge in [-0.15, -0.1) is 0 Å². The molecule has 0 N–H and O–H groups in total. The molecule has 0 amide bonds. The maximum Gasteiger partial charge on any atom is 0.119 e. The van der Waals surface area contributed by atoms with Crippen molar-refractivity contribution in [1.29, 1.82) is 0 Å². The van der Waals surface area contributed by atoms with Crippen molar-refractivity contribution >= 4 is 5.97 Å². The summed E-state index contributed by atoms with van der Waals surface area (Å²) in [5.41, 5.74) is 0. The van der Waals surface area contributed by atoms with Crippen LogP contribution in [0.2, 0.25) is 0 Å². The first-order chi connectivity index (χ1) is 12.0. The summed E-state index contributed by atoms with van der Waals surface area (Å²) in [5.74, 6) is -0.954. The number of likely N-dealkylation sites (N-methyl/N-ethyl adjacent to an activating group) is 1. The third-order valence-corrected chi connectivity index (χ3v) is 4.52. The smallest absolute Gasteiger partial charge is 0.119 e. The van der Waals surface area contributed by atoms with Crippen LogP contribution in [0.5, 0.6) is 0 Å². The maximum atomic E-state index is 10.7. The molecule has 146 valence electrons. The number of quaternary nitrogens is 1. The second-order valence-corrected chi connectivity index (χ2v) is 7.77. The van der Waals surface area contributed by atoms with E-state index in [1.807, 2.05) is 14.1 Å². The van der Waals surface area contributed by atoms with Crippen LogP contribution in [-0.4, -0.2) is 37.6 Å². The predicted molar refractivity (Wildman–Crippen MR) is 106 cm³/mol. The molecule has 0 aromatic carbocycles. The molecule has 0 unspecified atom stereocenters. The van der Waals surface area contributed by atoms with Gasteiger partial charge in [-0.05, 0) is 44.9 Å². The number of carboxylic acids is 1. The fourth-order valence-corrected chi connectivity index (χ4v) is 2.96. The number of allylic oxidation sites excluding steroid dienone is 4. The fraction of sp³-hybridized carbons (Fsp3) is 0.773. The first-order valence-electron chi connectivity index (χ1n) is 10.3. The Balaban J connectivity index is 3.36. The number of hydrogen-bond donors (Lipinski definition) is 0. The molecular formula is C22H41NO2. The second-order valence-electron chi connectivity index (χ2n) is 7.77. The van der Waals surface area contributed by atoms with Crippen LogP contribution in [0, 0.1) is 0 Å². The van der Waals surface area contributed by atoms with Gasteiger partial charge in [0.25, 0.3) is 0 Å². The highest BCUT2D eigenvalue weighted by Crippen LogP contribution is 2.10. The molecule has 0 aliphatic heterocycles. The minimum atomic E-state index is -0.954. The summed E-state index contributed by atoms with van der Waals surface area (Å²) in [4.78, 5) is 10.7. The Morgan fingerprint density at radius 3 is 1.88 bits per heavy atom. The Morgan fingerprint density at radius 2 is 1.32 bits per heavy atom. The lowest BCUT2D eigenvalue weighted by atomic mass is 10.1. The average molecular weight is 352 g/mol. The van der Waals surface area contributed by atoms with Crippen LogP contribution in [0.4, 0.5) is 0 Å². The molecule has 0 bridgehead atoms. The predicted octanol–water partition coefficient (Wildman–Crippen LogP) is 4.63. The molecule has 3 heteroatoms. The lowest BCUT2D eigenvalue weighted by Crippen LogP contribution is -2.48. The van der Waals surface area contributed by atoms with Gasteiger partial charge in [-0.1, -0.05) is 63.3 Å². The number of nitrogens with zero attached hydrogens (tertiary/aromatic N) is 1. The van der Waals surface area contributed by atoms with E-state index >= 15 is 0 Å². The summed E-state index contributed by atoms with van der Waals surface area (Å²) in [7, 11) is 3.92. The molecule has 0 fully saturated rings. The fourth-order valence-electron chi connectivity index (χ4n) is 2.96. The van der Waals surface area contributed by atoms with E-state index < -0.39 is 5.97 Å². The van der Waals surface area contributed by atoms with Gasteiger partial charge >= 0.3 is 0 Å². The van der Waals surface area contributed by atoms with Gasteiger partial charge in [0.2, 0.25) is 0 Å². The third kappa shape index (κ3) is 19.1. The van der Waals surface area contributed by atoms with Crippen LogP contribution in [-0.2, 0) is 4.79 Å². The molecule has 0 aliphatic carbocycles. The van der Waals surface area contributed by atoms with E-state index in [-0.39, 0.29) is 6.54 Å². The summed E-state index contributed by atoms with van der Waals surface area (Å²) < 4.78 is 0.528. The van der Waals surface area contributed by atoms with E-state index in [0.29, 0.717) is 4.48 Å².